The highest BCUT2D eigenvalue weighted by atomic mass is 32.1. The number of urea groups is 1. The van der Waals surface area contributed by atoms with Crippen LogP contribution in [0.4, 0.5) is 4.79 Å². The van der Waals surface area contributed by atoms with E-state index in [0.29, 0.717) is 19.0 Å². The lowest BCUT2D eigenvalue weighted by molar-refractivity contribution is 0.0174. The number of hydrogen-bond donors (Lipinski definition) is 2. The van der Waals surface area contributed by atoms with Crippen LogP contribution in [0.3, 0.4) is 0 Å². The second kappa shape index (κ2) is 8.63. The van der Waals surface area contributed by atoms with Gasteiger partial charge >= 0.3 is 6.03 Å². The number of nitrogens with zero attached hydrogens (tertiary/aromatic N) is 1. The van der Waals surface area contributed by atoms with Crippen molar-refractivity contribution in [2.24, 2.45) is 5.92 Å². The molecule has 7 heteroatoms. The molecule has 2 saturated heterocycles. The van der Waals surface area contributed by atoms with Gasteiger partial charge in [-0.3, -0.25) is 4.90 Å². The number of morpholine rings is 1. The van der Waals surface area contributed by atoms with Crippen LogP contribution in [0.5, 0.6) is 0 Å². The Balaban J connectivity index is 1.48. The van der Waals surface area contributed by atoms with Gasteiger partial charge in [-0.2, -0.15) is 0 Å². The van der Waals surface area contributed by atoms with E-state index in [1.165, 1.54) is 4.88 Å². The SMILES string of the molecule is O=C(NC[C@@H]1CCOC1)NC[C@@H](c1cccs1)N1CCOCC1. The van der Waals surface area contributed by atoms with Crippen molar-refractivity contribution < 1.29 is 14.3 Å². The highest BCUT2D eigenvalue weighted by Gasteiger charge is 2.24. The van der Waals surface area contributed by atoms with Gasteiger partial charge < -0.3 is 20.1 Å². The number of nitrogens with one attached hydrogen (secondary N) is 2. The normalized spacial score (nSPS) is 23.6. The van der Waals surface area contributed by atoms with Crippen LogP contribution in [0.15, 0.2) is 17.5 Å². The van der Waals surface area contributed by atoms with Crippen LogP contribution < -0.4 is 10.6 Å². The zero-order valence-corrected chi connectivity index (χ0v) is 14.1. The Morgan fingerprint density at radius 2 is 2.17 bits per heavy atom. The zero-order valence-electron chi connectivity index (χ0n) is 13.3. The Labute approximate surface area is 141 Å². The number of ether oxygens (including phenoxy) is 2. The molecule has 6 nitrogen and oxygen atoms in total. The average Bonchev–Trinajstić information content (AvgIpc) is 3.28. The fraction of sp³-hybridized carbons (Fsp3) is 0.688. The van der Waals surface area contributed by atoms with Crippen molar-refractivity contribution in [1.82, 2.24) is 15.5 Å². The zero-order chi connectivity index (χ0) is 15.9. The molecular weight excluding hydrogens is 314 g/mol. The second-order valence-electron chi connectivity index (χ2n) is 6.00. The number of thiophene rings is 1. The fourth-order valence-corrected chi connectivity index (χ4v) is 3.87. The highest BCUT2D eigenvalue weighted by molar-refractivity contribution is 7.10. The van der Waals surface area contributed by atoms with E-state index in [0.717, 1.165) is 45.9 Å². The van der Waals surface area contributed by atoms with Crippen LogP contribution in [0.25, 0.3) is 0 Å². The Morgan fingerprint density at radius 1 is 1.30 bits per heavy atom. The van der Waals surface area contributed by atoms with Crippen LogP contribution in [-0.4, -0.2) is 63.5 Å². The maximum atomic E-state index is 12.1. The van der Waals surface area contributed by atoms with E-state index in [1.807, 2.05) is 0 Å². The molecule has 2 aliphatic rings. The molecule has 3 heterocycles. The Hall–Kier alpha value is -1.15. The van der Waals surface area contributed by atoms with Gasteiger partial charge in [-0.25, -0.2) is 4.79 Å². The van der Waals surface area contributed by atoms with Gasteiger partial charge in [0.15, 0.2) is 0 Å². The van der Waals surface area contributed by atoms with Crippen LogP contribution in [-0.2, 0) is 9.47 Å². The lowest BCUT2D eigenvalue weighted by Gasteiger charge is -2.34. The summed E-state index contributed by atoms with van der Waals surface area (Å²) in [6.07, 6.45) is 1.03. The molecule has 0 radical (unpaired) electrons. The molecule has 1 aromatic rings. The third kappa shape index (κ3) is 4.91. The van der Waals surface area contributed by atoms with Gasteiger partial charge in [0.05, 0.1) is 25.9 Å². The van der Waals surface area contributed by atoms with Crippen LogP contribution in [0, 0.1) is 5.92 Å². The van der Waals surface area contributed by atoms with E-state index < -0.39 is 0 Å². The maximum Gasteiger partial charge on any atom is 0.314 e. The van der Waals surface area contributed by atoms with Gasteiger partial charge in [-0.05, 0) is 17.9 Å². The van der Waals surface area contributed by atoms with Gasteiger partial charge in [0, 0.05) is 43.6 Å². The van der Waals surface area contributed by atoms with E-state index in [4.69, 9.17) is 9.47 Å². The molecule has 23 heavy (non-hydrogen) atoms. The second-order valence-corrected chi connectivity index (χ2v) is 6.98. The third-order valence-electron chi connectivity index (χ3n) is 4.39. The molecule has 2 amide bonds. The first-order chi connectivity index (χ1) is 11.3. The van der Waals surface area contributed by atoms with Crippen molar-refractivity contribution in [3.05, 3.63) is 22.4 Å². The van der Waals surface area contributed by atoms with Gasteiger partial charge in [-0.15, -0.1) is 11.3 Å². The van der Waals surface area contributed by atoms with Crippen molar-refractivity contribution in [2.75, 3.05) is 52.6 Å². The van der Waals surface area contributed by atoms with E-state index in [1.54, 1.807) is 11.3 Å². The molecule has 2 aliphatic heterocycles. The van der Waals surface area contributed by atoms with Crippen LogP contribution in [0.2, 0.25) is 0 Å². The van der Waals surface area contributed by atoms with E-state index >= 15 is 0 Å². The smallest absolute Gasteiger partial charge is 0.314 e. The van der Waals surface area contributed by atoms with Crippen molar-refractivity contribution in [2.45, 2.75) is 12.5 Å². The summed E-state index contributed by atoms with van der Waals surface area (Å²) >= 11 is 1.74. The molecule has 0 bridgehead atoms. The minimum atomic E-state index is -0.0910. The summed E-state index contributed by atoms with van der Waals surface area (Å²) in [5.41, 5.74) is 0. The molecule has 128 valence electrons. The summed E-state index contributed by atoms with van der Waals surface area (Å²) in [6, 6.07) is 4.33. The van der Waals surface area contributed by atoms with Gasteiger partial charge in [-0.1, -0.05) is 6.07 Å². The fourth-order valence-electron chi connectivity index (χ4n) is 3.01. The van der Waals surface area contributed by atoms with Gasteiger partial charge in [0.25, 0.3) is 0 Å². The molecule has 0 aromatic carbocycles. The summed E-state index contributed by atoms with van der Waals surface area (Å²) < 4.78 is 10.8. The Morgan fingerprint density at radius 3 is 2.87 bits per heavy atom. The van der Waals surface area contributed by atoms with Crippen molar-refractivity contribution in [3.63, 3.8) is 0 Å². The molecule has 2 N–H and O–H groups in total. The lowest BCUT2D eigenvalue weighted by atomic mass is 10.1. The molecular formula is C16H25N3O3S. The van der Waals surface area contributed by atoms with Gasteiger partial charge in [0.1, 0.15) is 0 Å². The molecule has 2 atom stereocenters. The molecule has 0 unspecified atom stereocenters. The number of rotatable bonds is 6. The lowest BCUT2D eigenvalue weighted by Crippen LogP contribution is -2.46. The average molecular weight is 339 g/mol. The van der Waals surface area contributed by atoms with Crippen molar-refractivity contribution >= 4 is 17.4 Å². The highest BCUT2D eigenvalue weighted by Crippen LogP contribution is 2.25. The maximum absolute atomic E-state index is 12.1. The Bertz CT molecular complexity index is 471. The standard InChI is InChI=1S/C16H25N3O3S/c20-16(17-10-13-3-6-22-12-13)18-11-14(15-2-1-9-23-15)19-4-7-21-8-5-19/h1-2,9,13-14H,3-8,10-12H2,(H2,17,18,20)/t13-,14-/m0/s1. The minimum absolute atomic E-state index is 0.0910. The first kappa shape index (κ1) is 16.7. The number of carbonyl (C=O) groups excluding carboxylic acids is 1. The van der Waals surface area contributed by atoms with Crippen LogP contribution in [0.1, 0.15) is 17.3 Å². The van der Waals surface area contributed by atoms with Crippen molar-refractivity contribution in [1.29, 1.82) is 0 Å². The number of carbonyl (C=O) groups is 1. The molecule has 0 aliphatic carbocycles. The third-order valence-corrected chi connectivity index (χ3v) is 5.36. The molecule has 2 fully saturated rings. The summed E-state index contributed by atoms with van der Waals surface area (Å²) in [4.78, 5) is 15.7. The van der Waals surface area contributed by atoms with Gasteiger partial charge in [0.2, 0.25) is 0 Å². The molecule has 0 spiro atoms. The molecule has 3 rings (SSSR count). The largest absolute Gasteiger partial charge is 0.381 e. The summed E-state index contributed by atoms with van der Waals surface area (Å²) in [7, 11) is 0. The number of amides is 2. The predicted octanol–water partition coefficient (Wildman–Crippen LogP) is 1.46. The van der Waals surface area contributed by atoms with E-state index in [2.05, 4.69) is 33.0 Å². The predicted molar refractivity (Wildman–Crippen MR) is 89.8 cm³/mol. The monoisotopic (exact) mass is 339 g/mol. The van der Waals surface area contributed by atoms with Crippen LogP contribution >= 0.6 is 11.3 Å². The topological polar surface area (TPSA) is 62.8 Å². The first-order valence-electron chi connectivity index (χ1n) is 8.27. The van der Waals surface area contributed by atoms with Crippen molar-refractivity contribution in [3.8, 4) is 0 Å². The Kier molecular flexibility index (Phi) is 6.27. The minimum Gasteiger partial charge on any atom is -0.381 e. The summed E-state index contributed by atoms with van der Waals surface area (Å²) in [5.74, 6) is 0.452. The molecule has 1 aromatic heterocycles. The quantitative estimate of drug-likeness (QED) is 0.824. The first-order valence-corrected chi connectivity index (χ1v) is 9.15. The van der Waals surface area contributed by atoms with E-state index in [9.17, 15) is 4.79 Å². The number of hydrogen-bond acceptors (Lipinski definition) is 5. The van der Waals surface area contributed by atoms with E-state index in [-0.39, 0.29) is 12.1 Å². The summed E-state index contributed by atoms with van der Waals surface area (Å²) in [5, 5.41) is 8.07. The molecule has 0 saturated carbocycles. The summed E-state index contributed by atoms with van der Waals surface area (Å²) in [6.45, 7) is 6.21.